The summed E-state index contributed by atoms with van der Waals surface area (Å²) in [6.07, 6.45) is 9.84. The molecule has 3 N–H and O–H groups in total. The number of amides is 2. The van der Waals surface area contributed by atoms with Crippen molar-refractivity contribution in [3.63, 3.8) is 0 Å². The van der Waals surface area contributed by atoms with E-state index in [4.69, 9.17) is 14.2 Å². The molecule has 0 aliphatic heterocycles. The van der Waals surface area contributed by atoms with E-state index in [-0.39, 0.29) is 29.2 Å². The van der Waals surface area contributed by atoms with E-state index >= 15 is 0 Å². The van der Waals surface area contributed by atoms with Gasteiger partial charge in [-0.15, -0.1) is 0 Å². The van der Waals surface area contributed by atoms with Gasteiger partial charge >= 0.3 is 0 Å². The molecular formula is C35H49N3O6. The van der Waals surface area contributed by atoms with Crippen molar-refractivity contribution in [2.75, 3.05) is 26.6 Å². The van der Waals surface area contributed by atoms with Crippen LogP contribution in [-0.2, 0) is 16.0 Å². The van der Waals surface area contributed by atoms with Crippen LogP contribution in [0.2, 0.25) is 0 Å². The van der Waals surface area contributed by atoms with Crippen molar-refractivity contribution in [2.24, 2.45) is 5.92 Å². The Morgan fingerprint density at radius 3 is 2.20 bits per heavy atom. The van der Waals surface area contributed by atoms with Crippen LogP contribution in [0.15, 0.2) is 29.1 Å². The van der Waals surface area contributed by atoms with E-state index in [0.29, 0.717) is 41.3 Å². The first-order valence-corrected chi connectivity index (χ1v) is 16.1. The number of fused-ring (bicyclic) bond motifs is 3. The van der Waals surface area contributed by atoms with E-state index < -0.39 is 12.1 Å². The monoisotopic (exact) mass is 607 g/mol. The first-order chi connectivity index (χ1) is 21.2. The summed E-state index contributed by atoms with van der Waals surface area (Å²) in [5, 5.41) is 9.68. The van der Waals surface area contributed by atoms with Gasteiger partial charge in [-0.05, 0) is 66.5 Å². The number of benzene rings is 1. The maximum absolute atomic E-state index is 13.9. The lowest BCUT2D eigenvalue weighted by Crippen LogP contribution is -2.48. The van der Waals surface area contributed by atoms with Gasteiger partial charge in [-0.25, -0.2) is 0 Å². The summed E-state index contributed by atoms with van der Waals surface area (Å²) in [4.78, 5) is 39.9. The number of hydrogen-bond donors (Lipinski definition) is 3. The molecule has 1 fully saturated rings. The zero-order valence-corrected chi connectivity index (χ0v) is 27.1. The summed E-state index contributed by atoms with van der Waals surface area (Å²) in [6, 6.07) is 6.32. The minimum Gasteiger partial charge on any atom is -0.493 e. The summed E-state index contributed by atoms with van der Waals surface area (Å²) in [7, 11) is 4.72. The largest absolute Gasteiger partial charge is 0.493 e. The predicted molar refractivity (Wildman–Crippen MR) is 174 cm³/mol. The molecule has 9 heteroatoms. The smallest absolute Gasteiger partial charge is 0.242 e. The quantitative estimate of drug-likeness (QED) is 0.307. The second-order valence-electron chi connectivity index (χ2n) is 12.2. The van der Waals surface area contributed by atoms with Gasteiger partial charge in [0.05, 0.1) is 33.1 Å². The van der Waals surface area contributed by atoms with Gasteiger partial charge in [-0.3, -0.25) is 14.4 Å². The zero-order valence-electron chi connectivity index (χ0n) is 27.1. The van der Waals surface area contributed by atoms with Gasteiger partial charge in [0.2, 0.25) is 23.0 Å². The summed E-state index contributed by atoms with van der Waals surface area (Å²) in [5.41, 5.74) is 3.25. The van der Waals surface area contributed by atoms with Crippen LogP contribution < -0.4 is 35.6 Å². The molecule has 0 aromatic heterocycles. The van der Waals surface area contributed by atoms with Crippen molar-refractivity contribution in [1.82, 2.24) is 10.6 Å². The van der Waals surface area contributed by atoms with Gasteiger partial charge < -0.3 is 30.2 Å². The van der Waals surface area contributed by atoms with Crippen LogP contribution in [0.4, 0.5) is 5.69 Å². The fraction of sp³-hybridized carbons (Fsp3) is 0.571. The number of ether oxygens (including phenoxy) is 3. The number of hydrogen-bond acceptors (Lipinski definition) is 7. The molecule has 44 heavy (non-hydrogen) atoms. The highest BCUT2D eigenvalue weighted by molar-refractivity contribution is 5.86. The highest BCUT2D eigenvalue weighted by atomic mass is 16.5. The lowest BCUT2D eigenvalue weighted by molar-refractivity contribution is -0.123. The number of nitrogens with one attached hydrogen (secondary N) is 3. The minimum atomic E-state index is -0.572. The Bertz CT molecular complexity index is 1390. The third kappa shape index (κ3) is 7.48. The molecule has 1 saturated carbocycles. The molecule has 9 nitrogen and oxygen atoms in total. The molecule has 2 aromatic rings. The molecule has 3 unspecified atom stereocenters. The molecule has 0 bridgehead atoms. The first-order valence-electron chi connectivity index (χ1n) is 16.1. The van der Waals surface area contributed by atoms with E-state index in [9.17, 15) is 14.4 Å². The Kier molecular flexibility index (Phi) is 11.5. The average molecular weight is 608 g/mol. The van der Waals surface area contributed by atoms with Crippen LogP contribution in [0.1, 0.15) is 95.7 Å². The number of methoxy groups -OCH3 is 3. The van der Waals surface area contributed by atoms with Gasteiger partial charge in [0.1, 0.15) is 6.04 Å². The average Bonchev–Trinajstić information content (AvgIpc) is 3.23. The molecule has 2 amide bonds. The molecule has 2 aliphatic carbocycles. The SMILES string of the molecule is CCC(C)C(Nc1ccc2c(cc1=O)C(NC(C)=O)CCc1cc(OC)c(OC)c(OC)c1-2)C(=O)NC1CCCCCCC1. The molecule has 2 aliphatic rings. The normalized spacial score (nSPS) is 18.2. The number of anilines is 1. The Morgan fingerprint density at radius 2 is 1.59 bits per heavy atom. The topological polar surface area (TPSA) is 115 Å². The fourth-order valence-electron chi connectivity index (χ4n) is 6.59. The molecular weight excluding hydrogens is 558 g/mol. The van der Waals surface area contributed by atoms with Crippen LogP contribution >= 0.6 is 0 Å². The summed E-state index contributed by atoms with van der Waals surface area (Å²) in [5.74, 6) is 1.23. The summed E-state index contributed by atoms with van der Waals surface area (Å²) < 4.78 is 17.2. The van der Waals surface area contributed by atoms with Crippen molar-refractivity contribution in [3.8, 4) is 28.4 Å². The Labute approximate surface area is 261 Å². The highest BCUT2D eigenvalue weighted by Crippen LogP contribution is 2.50. The number of carbonyl (C=O) groups excluding carboxylic acids is 2. The zero-order chi connectivity index (χ0) is 31.8. The lowest BCUT2D eigenvalue weighted by atomic mass is 9.94. The second kappa shape index (κ2) is 15.3. The van der Waals surface area contributed by atoms with Crippen LogP contribution in [0.5, 0.6) is 17.2 Å². The van der Waals surface area contributed by atoms with Crippen molar-refractivity contribution >= 4 is 17.5 Å². The minimum absolute atomic E-state index is 0.00373. The highest BCUT2D eigenvalue weighted by Gasteiger charge is 2.31. The van der Waals surface area contributed by atoms with Crippen LogP contribution in [0, 0.1) is 5.92 Å². The second-order valence-corrected chi connectivity index (χ2v) is 12.2. The van der Waals surface area contributed by atoms with Crippen molar-refractivity contribution in [1.29, 1.82) is 0 Å². The fourth-order valence-corrected chi connectivity index (χ4v) is 6.59. The number of aryl methyl sites for hydroxylation is 1. The van der Waals surface area contributed by atoms with Crippen molar-refractivity contribution in [3.05, 3.63) is 45.6 Å². The lowest BCUT2D eigenvalue weighted by Gasteiger charge is -2.28. The van der Waals surface area contributed by atoms with E-state index in [1.807, 2.05) is 19.1 Å². The molecule has 4 rings (SSSR count). The Balaban J connectivity index is 1.80. The van der Waals surface area contributed by atoms with Crippen LogP contribution in [0.3, 0.4) is 0 Å². The third-order valence-electron chi connectivity index (χ3n) is 9.17. The Hall–Kier alpha value is -3.75. The van der Waals surface area contributed by atoms with Gasteiger partial charge in [-0.2, -0.15) is 0 Å². The molecule has 240 valence electrons. The van der Waals surface area contributed by atoms with Gasteiger partial charge in [-0.1, -0.05) is 58.4 Å². The van der Waals surface area contributed by atoms with Crippen molar-refractivity contribution in [2.45, 2.75) is 103 Å². The predicted octanol–water partition coefficient (Wildman–Crippen LogP) is 5.92. The van der Waals surface area contributed by atoms with E-state index in [2.05, 4.69) is 22.9 Å². The number of rotatable bonds is 10. The molecule has 2 aromatic carbocycles. The van der Waals surface area contributed by atoms with Crippen LogP contribution in [0.25, 0.3) is 11.1 Å². The third-order valence-corrected chi connectivity index (χ3v) is 9.17. The molecule has 3 atom stereocenters. The standard InChI is InChI=1S/C35H49N3O6/c1-7-21(2)32(35(41)37-24-13-11-9-8-10-12-14-24)38-28-18-16-25-26(20-29(28)40)27(36-22(3)39)17-15-23-19-30(42-4)33(43-5)34(44-6)31(23)25/h16,18-21,24,27,32H,7-15,17H2,1-6H3,(H,36,39)(H,37,41)(H,38,40). The molecule has 0 spiro atoms. The van der Waals surface area contributed by atoms with Crippen molar-refractivity contribution < 1.29 is 23.8 Å². The Morgan fingerprint density at radius 1 is 0.909 bits per heavy atom. The van der Waals surface area contributed by atoms with Crippen LogP contribution in [-0.4, -0.2) is 45.2 Å². The van der Waals surface area contributed by atoms with Gasteiger partial charge in [0.25, 0.3) is 0 Å². The molecule has 0 heterocycles. The maximum Gasteiger partial charge on any atom is 0.242 e. The summed E-state index contributed by atoms with van der Waals surface area (Å²) in [6.45, 7) is 5.56. The summed E-state index contributed by atoms with van der Waals surface area (Å²) >= 11 is 0. The molecule has 0 saturated heterocycles. The maximum atomic E-state index is 13.9. The van der Waals surface area contributed by atoms with E-state index in [1.165, 1.54) is 26.2 Å². The van der Waals surface area contributed by atoms with Gasteiger partial charge in [0.15, 0.2) is 11.5 Å². The number of carbonyl (C=O) groups is 2. The van der Waals surface area contributed by atoms with E-state index in [0.717, 1.165) is 48.8 Å². The first kappa shape index (κ1) is 33.1. The van der Waals surface area contributed by atoms with Gasteiger partial charge in [0, 0.05) is 18.5 Å². The van der Waals surface area contributed by atoms with E-state index in [1.54, 1.807) is 33.5 Å². The molecule has 0 radical (unpaired) electrons.